The molecule has 0 aliphatic heterocycles. The van der Waals surface area contributed by atoms with E-state index in [1.165, 1.54) is 0 Å². The second kappa shape index (κ2) is 6.12. The Morgan fingerprint density at radius 2 is 1.95 bits per heavy atom. The van der Waals surface area contributed by atoms with E-state index in [-0.39, 0.29) is 0 Å². The first kappa shape index (κ1) is 14.0. The molecule has 0 atom stereocenters. The van der Waals surface area contributed by atoms with Gasteiger partial charge in [0.25, 0.3) is 0 Å². The smallest absolute Gasteiger partial charge is 0.144 e. The predicted octanol–water partition coefficient (Wildman–Crippen LogP) is 3.45. The Labute approximate surface area is 120 Å². The maximum atomic E-state index is 5.49. The van der Waals surface area contributed by atoms with E-state index in [1.807, 2.05) is 25.2 Å². The standard InChI is InChI=1S/C14H16BrNO3/c1-16-8-12-9(6-7-19-12)10-4-5-11(17-2)13(15)14(10)18-3/h4-7,16H,8H2,1-3H3. The predicted molar refractivity (Wildman–Crippen MR) is 77.7 cm³/mol. The van der Waals surface area contributed by atoms with Gasteiger partial charge in [-0.05, 0) is 41.2 Å². The average Bonchev–Trinajstić information content (AvgIpc) is 2.87. The molecule has 2 aromatic rings. The Morgan fingerprint density at radius 3 is 2.58 bits per heavy atom. The van der Waals surface area contributed by atoms with Crippen LogP contribution in [0.1, 0.15) is 5.76 Å². The zero-order chi connectivity index (χ0) is 13.8. The first-order valence-corrected chi connectivity index (χ1v) is 6.64. The topological polar surface area (TPSA) is 43.6 Å². The summed E-state index contributed by atoms with van der Waals surface area (Å²) < 4.78 is 17.1. The van der Waals surface area contributed by atoms with Crippen molar-refractivity contribution in [2.24, 2.45) is 0 Å². The van der Waals surface area contributed by atoms with Gasteiger partial charge in [0.1, 0.15) is 21.7 Å². The van der Waals surface area contributed by atoms with Crippen molar-refractivity contribution in [1.82, 2.24) is 5.32 Å². The number of benzene rings is 1. The quantitative estimate of drug-likeness (QED) is 0.914. The molecule has 0 spiro atoms. The summed E-state index contributed by atoms with van der Waals surface area (Å²) in [5.74, 6) is 2.34. The van der Waals surface area contributed by atoms with Crippen LogP contribution in [0.15, 0.2) is 33.4 Å². The van der Waals surface area contributed by atoms with Crippen molar-refractivity contribution in [3.63, 3.8) is 0 Å². The Bertz CT molecular complexity index is 566. The third-order valence-corrected chi connectivity index (χ3v) is 3.61. The summed E-state index contributed by atoms with van der Waals surface area (Å²) in [4.78, 5) is 0. The maximum absolute atomic E-state index is 5.49. The zero-order valence-electron chi connectivity index (χ0n) is 11.1. The minimum atomic E-state index is 0.662. The fraction of sp³-hybridized carbons (Fsp3) is 0.286. The lowest BCUT2D eigenvalue weighted by atomic mass is 10.0. The molecule has 2 rings (SSSR count). The fourth-order valence-electron chi connectivity index (χ4n) is 1.99. The molecule has 1 heterocycles. The third kappa shape index (κ3) is 2.62. The van der Waals surface area contributed by atoms with E-state index in [4.69, 9.17) is 13.9 Å². The monoisotopic (exact) mass is 325 g/mol. The Morgan fingerprint density at radius 1 is 1.16 bits per heavy atom. The van der Waals surface area contributed by atoms with Gasteiger partial charge in [-0.25, -0.2) is 0 Å². The molecule has 19 heavy (non-hydrogen) atoms. The van der Waals surface area contributed by atoms with Crippen molar-refractivity contribution in [2.45, 2.75) is 6.54 Å². The number of furan rings is 1. The molecular weight excluding hydrogens is 310 g/mol. The van der Waals surface area contributed by atoms with Crippen molar-refractivity contribution >= 4 is 15.9 Å². The summed E-state index contributed by atoms with van der Waals surface area (Å²) in [7, 11) is 5.15. The average molecular weight is 326 g/mol. The van der Waals surface area contributed by atoms with Gasteiger partial charge in [0.15, 0.2) is 0 Å². The molecule has 0 radical (unpaired) electrons. The lowest BCUT2D eigenvalue weighted by Crippen LogP contribution is -2.05. The highest BCUT2D eigenvalue weighted by molar-refractivity contribution is 9.10. The number of ether oxygens (including phenoxy) is 2. The van der Waals surface area contributed by atoms with Gasteiger partial charge in [0, 0.05) is 11.1 Å². The van der Waals surface area contributed by atoms with E-state index in [2.05, 4.69) is 21.2 Å². The molecule has 0 aliphatic rings. The Hall–Kier alpha value is -1.46. The van der Waals surface area contributed by atoms with Crippen LogP contribution in [-0.4, -0.2) is 21.3 Å². The van der Waals surface area contributed by atoms with Crippen LogP contribution in [-0.2, 0) is 6.54 Å². The van der Waals surface area contributed by atoms with Crippen molar-refractivity contribution in [1.29, 1.82) is 0 Å². The van der Waals surface area contributed by atoms with Gasteiger partial charge in [-0.2, -0.15) is 0 Å². The number of nitrogens with one attached hydrogen (secondary N) is 1. The summed E-state index contributed by atoms with van der Waals surface area (Å²) >= 11 is 3.51. The zero-order valence-corrected chi connectivity index (χ0v) is 12.7. The van der Waals surface area contributed by atoms with Gasteiger partial charge in [0.2, 0.25) is 0 Å². The lowest BCUT2D eigenvalue weighted by Gasteiger charge is -2.13. The van der Waals surface area contributed by atoms with Crippen LogP contribution >= 0.6 is 15.9 Å². The molecule has 0 aliphatic carbocycles. The maximum Gasteiger partial charge on any atom is 0.144 e. The van der Waals surface area contributed by atoms with E-state index in [9.17, 15) is 0 Å². The van der Waals surface area contributed by atoms with Gasteiger partial charge in [0.05, 0.1) is 27.0 Å². The number of halogens is 1. The van der Waals surface area contributed by atoms with Gasteiger partial charge >= 0.3 is 0 Å². The molecule has 1 N–H and O–H groups in total. The highest BCUT2D eigenvalue weighted by atomic mass is 79.9. The second-order valence-corrected chi connectivity index (χ2v) is 4.74. The number of methoxy groups -OCH3 is 2. The lowest BCUT2D eigenvalue weighted by molar-refractivity contribution is 0.390. The van der Waals surface area contributed by atoms with Crippen molar-refractivity contribution in [3.8, 4) is 22.6 Å². The van der Waals surface area contributed by atoms with Crippen LogP contribution < -0.4 is 14.8 Å². The molecule has 1 aromatic heterocycles. The number of hydrogen-bond acceptors (Lipinski definition) is 4. The molecule has 0 amide bonds. The molecule has 102 valence electrons. The molecule has 0 saturated carbocycles. The fourth-order valence-corrected chi connectivity index (χ4v) is 2.65. The summed E-state index contributed by atoms with van der Waals surface area (Å²) in [6.45, 7) is 0.662. The van der Waals surface area contributed by atoms with Gasteiger partial charge in [-0.15, -0.1) is 0 Å². The SMILES string of the molecule is CNCc1occc1-c1ccc(OC)c(Br)c1OC. The summed E-state index contributed by atoms with van der Waals surface area (Å²) in [5, 5.41) is 3.08. The van der Waals surface area contributed by atoms with E-state index >= 15 is 0 Å². The molecule has 0 unspecified atom stereocenters. The normalized spacial score (nSPS) is 10.5. The van der Waals surface area contributed by atoms with Crippen LogP contribution in [0.25, 0.3) is 11.1 Å². The Kier molecular flexibility index (Phi) is 4.50. The Balaban J connectivity index is 2.55. The third-order valence-electron chi connectivity index (χ3n) is 2.86. The van der Waals surface area contributed by atoms with E-state index < -0.39 is 0 Å². The van der Waals surface area contributed by atoms with E-state index in [0.29, 0.717) is 6.54 Å². The first-order chi connectivity index (χ1) is 9.22. The summed E-state index contributed by atoms with van der Waals surface area (Å²) in [5.41, 5.74) is 1.98. The molecular formula is C14H16BrNO3. The van der Waals surface area contributed by atoms with Gasteiger partial charge in [-0.3, -0.25) is 0 Å². The molecule has 0 saturated heterocycles. The van der Waals surface area contributed by atoms with Crippen LogP contribution in [0.4, 0.5) is 0 Å². The van der Waals surface area contributed by atoms with Gasteiger partial charge in [-0.1, -0.05) is 0 Å². The first-order valence-electron chi connectivity index (χ1n) is 5.84. The van der Waals surface area contributed by atoms with Crippen LogP contribution in [0.2, 0.25) is 0 Å². The largest absolute Gasteiger partial charge is 0.495 e. The minimum Gasteiger partial charge on any atom is -0.495 e. The van der Waals surface area contributed by atoms with Crippen LogP contribution in [0.3, 0.4) is 0 Å². The molecule has 4 nitrogen and oxygen atoms in total. The number of rotatable bonds is 5. The van der Waals surface area contributed by atoms with Crippen LogP contribution in [0.5, 0.6) is 11.5 Å². The molecule has 1 aromatic carbocycles. The van der Waals surface area contributed by atoms with E-state index in [0.717, 1.165) is 32.9 Å². The van der Waals surface area contributed by atoms with E-state index in [1.54, 1.807) is 20.5 Å². The van der Waals surface area contributed by atoms with Crippen molar-refractivity contribution in [2.75, 3.05) is 21.3 Å². The molecule has 0 bridgehead atoms. The molecule has 5 heteroatoms. The highest BCUT2D eigenvalue weighted by Crippen LogP contribution is 2.43. The second-order valence-electron chi connectivity index (χ2n) is 3.95. The van der Waals surface area contributed by atoms with Crippen molar-refractivity contribution < 1.29 is 13.9 Å². The highest BCUT2D eigenvalue weighted by Gasteiger charge is 2.17. The molecule has 0 fully saturated rings. The number of hydrogen-bond donors (Lipinski definition) is 1. The van der Waals surface area contributed by atoms with Crippen LogP contribution in [0, 0.1) is 0 Å². The van der Waals surface area contributed by atoms with Gasteiger partial charge < -0.3 is 19.2 Å². The summed E-state index contributed by atoms with van der Waals surface area (Å²) in [6, 6.07) is 5.80. The minimum absolute atomic E-state index is 0.662. The van der Waals surface area contributed by atoms with Crippen molar-refractivity contribution in [3.05, 3.63) is 34.7 Å². The summed E-state index contributed by atoms with van der Waals surface area (Å²) in [6.07, 6.45) is 1.68.